The molecule has 2 unspecified atom stereocenters. The van der Waals surface area contributed by atoms with Crippen molar-refractivity contribution in [1.29, 1.82) is 5.26 Å². The van der Waals surface area contributed by atoms with Crippen molar-refractivity contribution >= 4 is 5.91 Å². The summed E-state index contributed by atoms with van der Waals surface area (Å²) >= 11 is 0. The van der Waals surface area contributed by atoms with Crippen LogP contribution in [-0.4, -0.2) is 61.0 Å². The summed E-state index contributed by atoms with van der Waals surface area (Å²) in [7, 11) is 0. The Balaban J connectivity index is 1.32. The lowest BCUT2D eigenvalue weighted by Gasteiger charge is -2.31. The minimum absolute atomic E-state index is 0.279. The molecule has 0 aromatic heterocycles. The van der Waals surface area contributed by atoms with Crippen molar-refractivity contribution in [2.24, 2.45) is 11.8 Å². The van der Waals surface area contributed by atoms with E-state index in [2.05, 4.69) is 16.3 Å². The van der Waals surface area contributed by atoms with Gasteiger partial charge in [-0.05, 0) is 64.0 Å². The number of hydrogen-bond donors (Lipinski definition) is 1. The van der Waals surface area contributed by atoms with Crippen LogP contribution >= 0.6 is 0 Å². The fraction of sp³-hybridized carbons (Fsp3) is 0.889. The highest BCUT2D eigenvalue weighted by atomic mass is 16.2. The lowest BCUT2D eigenvalue weighted by atomic mass is 9.97. The van der Waals surface area contributed by atoms with Crippen LogP contribution in [0, 0.1) is 23.2 Å². The van der Waals surface area contributed by atoms with Gasteiger partial charge in [0.05, 0.1) is 12.6 Å². The number of nitrogens with one attached hydrogen (secondary N) is 1. The first-order chi connectivity index (χ1) is 11.2. The van der Waals surface area contributed by atoms with Gasteiger partial charge < -0.3 is 15.1 Å². The fourth-order valence-electron chi connectivity index (χ4n) is 4.35. The number of nitrogens with zero attached hydrogens (tertiary/aromatic N) is 3. The molecule has 0 aromatic rings. The van der Waals surface area contributed by atoms with Crippen molar-refractivity contribution < 1.29 is 4.79 Å². The van der Waals surface area contributed by atoms with E-state index in [1.165, 1.54) is 38.6 Å². The molecule has 3 aliphatic rings. The topological polar surface area (TPSA) is 59.4 Å². The summed E-state index contributed by atoms with van der Waals surface area (Å²) in [4.78, 5) is 16.6. The average Bonchev–Trinajstić information content (AvgIpc) is 3.25. The van der Waals surface area contributed by atoms with E-state index in [9.17, 15) is 4.79 Å². The monoisotopic (exact) mass is 318 g/mol. The van der Waals surface area contributed by atoms with Gasteiger partial charge in [0.25, 0.3) is 0 Å². The van der Waals surface area contributed by atoms with Crippen LogP contribution in [0.25, 0.3) is 0 Å². The molecule has 2 atom stereocenters. The van der Waals surface area contributed by atoms with E-state index >= 15 is 0 Å². The molecule has 1 amide bonds. The first-order valence-electron chi connectivity index (χ1n) is 9.37. The Morgan fingerprint density at radius 1 is 1.09 bits per heavy atom. The van der Waals surface area contributed by atoms with Crippen LogP contribution < -0.4 is 5.32 Å². The molecular weight excluding hydrogens is 288 g/mol. The Bertz CT molecular complexity index is 433. The standard InChI is InChI=1S/C18H30N4O/c19-12-15-5-9-21(10-6-15)14-16-3-4-17(11-16)20-13-18(23)22-7-1-2-8-22/h15-17,20H,1-11,13-14H2. The van der Waals surface area contributed by atoms with Gasteiger partial charge in [-0.2, -0.15) is 5.26 Å². The van der Waals surface area contributed by atoms with E-state index in [1.807, 2.05) is 4.90 Å². The van der Waals surface area contributed by atoms with Crippen LogP contribution in [0.5, 0.6) is 0 Å². The van der Waals surface area contributed by atoms with Gasteiger partial charge in [-0.3, -0.25) is 4.79 Å². The molecule has 3 rings (SSSR count). The Morgan fingerprint density at radius 2 is 1.83 bits per heavy atom. The molecule has 2 heterocycles. The van der Waals surface area contributed by atoms with E-state index in [0.717, 1.165) is 44.9 Å². The number of hydrogen-bond acceptors (Lipinski definition) is 4. The Morgan fingerprint density at radius 3 is 2.52 bits per heavy atom. The maximum atomic E-state index is 12.1. The predicted octanol–water partition coefficient (Wildman–Crippen LogP) is 1.60. The van der Waals surface area contributed by atoms with Gasteiger partial charge in [0.15, 0.2) is 0 Å². The maximum Gasteiger partial charge on any atom is 0.236 e. The summed E-state index contributed by atoms with van der Waals surface area (Å²) < 4.78 is 0. The highest BCUT2D eigenvalue weighted by Gasteiger charge is 2.28. The largest absolute Gasteiger partial charge is 0.342 e. The number of carbonyl (C=O) groups is 1. The number of likely N-dealkylation sites (tertiary alicyclic amines) is 2. The van der Waals surface area contributed by atoms with Gasteiger partial charge in [-0.15, -0.1) is 0 Å². The van der Waals surface area contributed by atoms with Gasteiger partial charge in [-0.1, -0.05) is 0 Å². The first-order valence-corrected chi connectivity index (χ1v) is 9.37. The molecule has 5 nitrogen and oxygen atoms in total. The van der Waals surface area contributed by atoms with E-state index in [0.29, 0.717) is 12.6 Å². The second kappa shape index (κ2) is 8.12. The van der Waals surface area contributed by atoms with Crippen LogP contribution in [-0.2, 0) is 4.79 Å². The quantitative estimate of drug-likeness (QED) is 0.836. The lowest BCUT2D eigenvalue weighted by Crippen LogP contribution is -2.40. The molecule has 0 spiro atoms. The number of nitriles is 1. The molecule has 0 aromatic carbocycles. The smallest absolute Gasteiger partial charge is 0.236 e. The average molecular weight is 318 g/mol. The molecule has 0 bridgehead atoms. The van der Waals surface area contributed by atoms with Gasteiger partial charge in [-0.25, -0.2) is 0 Å². The van der Waals surface area contributed by atoms with Gasteiger partial charge in [0, 0.05) is 31.6 Å². The Labute approximate surface area is 140 Å². The third-order valence-electron chi connectivity index (χ3n) is 5.83. The van der Waals surface area contributed by atoms with Crippen molar-refractivity contribution in [1.82, 2.24) is 15.1 Å². The molecule has 1 N–H and O–H groups in total. The molecule has 0 radical (unpaired) electrons. The summed E-state index contributed by atoms with van der Waals surface area (Å²) in [5.41, 5.74) is 0. The SMILES string of the molecule is N#CC1CCN(CC2CCC(NCC(=O)N3CCCC3)C2)CC1. The summed E-state index contributed by atoms with van der Waals surface area (Å²) in [5, 5.41) is 12.5. The highest BCUT2D eigenvalue weighted by Crippen LogP contribution is 2.28. The highest BCUT2D eigenvalue weighted by molar-refractivity contribution is 5.78. The van der Waals surface area contributed by atoms with E-state index in [1.54, 1.807) is 0 Å². The minimum atomic E-state index is 0.279. The summed E-state index contributed by atoms with van der Waals surface area (Å²) in [6.45, 7) is 5.76. The molecule has 2 saturated heterocycles. The molecule has 128 valence electrons. The number of rotatable bonds is 5. The van der Waals surface area contributed by atoms with Crippen molar-refractivity contribution in [2.75, 3.05) is 39.3 Å². The van der Waals surface area contributed by atoms with E-state index in [-0.39, 0.29) is 11.8 Å². The summed E-state index contributed by atoms with van der Waals surface area (Å²) in [5.74, 6) is 1.32. The van der Waals surface area contributed by atoms with Gasteiger partial charge >= 0.3 is 0 Å². The zero-order chi connectivity index (χ0) is 16.1. The fourth-order valence-corrected chi connectivity index (χ4v) is 4.35. The molecule has 23 heavy (non-hydrogen) atoms. The van der Waals surface area contributed by atoms with Crippen molar-refractivity contribution in [2.45, 2.75) is 51.0 Å². The maximum absolute atomic E-state index is 12.1. The van der Waals surface area contributed by atoms with Crippen molar-refractivity contribution in [3.8, 4) is 6.07 Å². The van der Waals surface area contributed by atoms with Crippen LogP contribution in [0.3, 0.4) is 0 Å². The predicted molar refractivity (Wildman–Crippen MR) is 89.7 cm³/mol. The summed E-state index contributed by atoms with van der Waals surface area (Å²) in [6.07, 6.45) is 8.08. The normalized spacial score (nSPS) is 29.8. The second-order valence-corrected chi connectivity index (χ2v) is 7.55. The van der Waals surface area contributed by atoms with E-state index < -0.39 is 0 Å². The lowest BCUT2D eigenvalue weighted by molar-refractivity contribution is -0.129. The van der Waals surface area contributed by atoms with Crippen LogP contribution in [0.1, 0.15) is 44.9 Å². The van der Waals surface area contributed by atoms with Crippen LogP contribution in [0.4, 0.5) is 0 Å². The van der Waals surface area contributed by atoms with Crippen LogP contribution in [0.15, 0.2) is 0 Å². The van der Waals surface area contributed by atoms with Crippen LogP contribution in [0.2, 0.25) is 0 Å². The molecule has 1 aliphatic carbocycles. The Hall–Kier alpha value is -1.12. The zero-order valence-electron chi connectivity index (χ0n) is 14.2. The molecular formula is C18H30N4O. The third kappa shape index (κ3) is 4.68. The number of carbonyl (C=O) groups excluding carboxylic acids is 1. The molecule has 5 heteroatoms. The minimum Gasteiger partial charge on any atom is -0.342 e. The van der Waals surface area contributed by atoms with Gasteiger partial charge in [0.2, 0.25) is 5.91 Å². The number of amides is 1. The number of piperidine rings is 1. The summed E-state index contributed by atoms with van der Waals surface area (Å²) in [6, 6.07) is 2.92. The zero-order valence-corrected chi connectivity index (χ0v) is 14.2. The Kier molecular flexibility index (Phi) is 5.91. The third-order valence-corrected chi connectivity index (χ3v) is 5.83. The van der Waals surface area contributed by atoms with Crippen molar-refractivity contribution in [3.05, 3.63) is 0 Å². The molecule has 2 aliphatic heterocycles. The molecule has 3 fully saturated rings. The second-order valence-electron chi connectivity index (χ2n) is 7.55. The van der Waals surface area contributed by atoms with Gasteiger partial charge in [0.1, 0.15) is 0 Å². The van der Waals surface area contributed by atoms with E-state index in [4.69, 9.17) is 5.26 Å². The first kappa shape index (κ1) is 16.7. The van der Waals surface area contributed by atoms with Crippen molar-refractivity contribution in [3.63, 3.8) is 0 Å². The molecule has 1 saturated carbocycles.